The van der Waals surface area contributed by atoms with Gasteiger partial charge in [-0.15, -0.1) is 0 Å². The van der Waals surface area contributed by atoms with E-state index in [0.717, 1.165) is 17.7 Å². The SMILES string of the molecule is O=C(c1ccc(Br)o1)N1CCN(Cc2ccc(C(F)(F)F)cc2)CC1. The second kappa shape index (κ2) is 7.21. The summed E-state index contributed by atoms with van der Waals surface area (Å²) in [5.74, 6) is 0.142. The van der Waals surface area contributed by atoms with Crippen molar-refractivity contribution in [2.24, 2.45) is 0 Å². The molecule has 0 bridgehead atoms. The van der Waals surface area contributed by atoms with Crippen LogP contribution in [0.4, 0.5) is 13.2 Å². The van der Waals surface area contributed by atoms with E-state index < -0.39 is 11.7 Å². The maximum atomic E-state index is 12.6. The number of benzene rings is 1. The predicted molar refractivity (Wildman–Crippen MR) is 89.0 cm³/mol. The topological polar surface area (TPSA) is 36.7 Å². The molecule has 1 aromatic heterocycles. The van der Waals surface area contributed by atoms with Gasteiger partial charge >= 0.3 is 6.18 Å². The smallest absolute Gasteiger partial charge is 0.416 e. The van der Waals surface area contributed by atoms with Crippen LogP contribution in [0.3, 0.4) is 0 Å². The van der Waals surface area contributed by atoms with E-state index in [1.54, 1.807) is 17.0 Å². The molecule has 3 rings (SSSR count). The monoisotopic (exact) mass is 416 g/mol. The molecule has 1 amide bonds. The summed E-state index contributed by atoms with van der Waals surface area (Å²) in [6.45, 7) is 2.99. The average Bonchev–Trinajstić information content (AvgIpc) is 3.01. The minimum atomic E-state index is -4.31. The van der Waals surface area contributed by atoms with Gasteiger partial charge in [-0.25, -0.2) is 0 Å². The molecule has 1 fully saturated rings. The van der Waals surface area contributed by atoms with Crippen LogP contribution in [0.5, 0.6) is 0 Å². The van der Waals surface area contributed by atoms with Crippen molar-refractivity contribution in [2.75, 3.05) is 26.2 Å². The molecule has 2 heterocycles. The van der Waals surface area contributed by atoms with Gasteiger partial charge in [-0.2, -0.15) is 13.2 Å². The standard InChI is InChI=1S/C17H16BrF3N2O2/c18-15-6-5-14(25-15)16(24)23-9-7-22(8-10-23)11-12-1-3-13(4-2-12)17(19,20)21/h1-6H,7-11H2. The summed E-state index contributed by atoms with van der Waals surface area (Å²) in [6.07, 6.45) is -4.31. The maximum absolute atomic E-state index is 12.6. The number of alkyl halides is 3. The van der Waals surface area contributed by atoms with Crippen LogP contribution < -0.4 is 0 Å². The third-order valence-corrected chi connectivity index (χ3v) is 4.56. The zero-order valence-corrected chi connectivity index (χ0v) is 14.8. The average molecular weight is 417 g/mol. The lowest BCUT2D eigenvalue weighted by molar-refractivity contribution is -0.137. The van der Waals surface area contributed by atoms with E-state index in [1.165, 1.54) is 12.1 Å². The molecule has 4 nitrogen and oxygen atoms in total. The van der Waals surface area contributed by atoms with Crippen LogP contribution in [0.1, 0.15) is 21.7 Å². The van der Waals surface area contributed by atoms with Crippen LogP contribution in [0.25, 0.3) is 0 Å². The highest BCUT2D eigenvalue weighted by Gasteiger charge is 2.30. The summed E-state index contributed by atoms with van der Waals surface area (Å²) in [5, 5.41) is 0. The lowest BCUT2D eigenvalue weighted by Gasteiger charge is -2.34. The summed E-state index contributed by atoms with van der Waals surface area (Å²) in [7, 11) is 0. The van der Waals surface area contributed by atoms with E-state index in [2.05, 4.69) is 20.8 Å². The van der Waals surface area contributed by atoms with Crippen LogP contribution in [0, 0.1) is 0 Å². The first kappa shape index (κ1) is 18.0. The van der Waals surface area contributed by atoms with Crippen molar-refractivity contribution in [3.05, 3.63) is 58.0 Å². The van der Waals surface area contributed by atoms with E-state index in [0.29, 0.717) is 43.2 Å². The number of amides is 1. The Labute approximate surface area is 151 Å². The van der Waals surface area contributed by atoms with Crippen molar-refractivity contribution in [1.82, 2.24) is 9.80 Å². The van der Waals surface area contributed by atoms with Crippen molar-refractivity contribution in [1.29, 1.82) is 0 Å². The number of hydrogen-bond acceptors (Lipinski definition) is 3. The summed E-state index contributed by atoms with van der Waals surface area (Å²) in [6, 6.07) is 8.50. The Morgan fingerprint density at radius 1 is 1.04 bits per heavy atom. The van der Waals surface area contributed by atoms with Crippen LogP contribution >= 0.6 is 15.9 Å². The molecule has 0 aliphatic carbocycles. The molecular weight excluding hydrogens is 401 g/mol. The number of halogens is 4. The van der Waals surface area contributed by atoms with Crippen LogP contribution in [0.2, 0.25) is 0 Å². The predicted octanol–water partition coefficient (Wildman–Crippen LogP) is 4.02. The van der Waals surface area contributed by atoms with Gasteiger partial charge in [-0.1, -0.05) is 12.1 Å². The fourth-order valence-electron chi connectivity index (χ4n) is 2.75. The first-order chi connectivity index (χ1) is 11.8. The molecule has 1 aromatic carbocycles. The number of furan rings is 1. The number of carbonyl (C=O) groups excluding carboxylic acids is 1. The summed E-state index contributed by atoms with van der Waals surface area (Å²) in [4.78, 5) is 16.1. The molecule has 0 unspecified atom stereocenters. The Hall–Kier alpha value is -1.80. The molecule has 2 aromatic rings. The van der Waals surface area contributed by atoms with E-state index in [-0.39, 0.29) is 5.91 Å². The molecule has 134 valence electrons. The highest BCUT2D eigenvalue weighted by Crippen LogP contribution is 2.29. The van der Waals surface area contributed by atoms with Gasteiger partial charge in [0.2, 0.25) is 0 Å². The van der Waals surface area contributed by atoms with Crippen molar-refractivity contribution in [2.45, 2.75) is 12.7 Å². The molecule has 0 atom stereocenters. The molecule has 0 N–H and O–H groups in total. The quantitative estimate of drug-likeness (QED) is 0.757. The second-order valence-electron chi connectivity index (χ2n) is 5.87. The number of carbonyl (C=O) groups is 1. The highest BCUT2D eigenvalue weighted by molar-refractivity contribution is 9.10. The van der Waals surface area contributed by atoms with Crippen molar-refractivity contribution < 1.29 is 22.4 Å². The summed E-state index contributed by atoms with van der Waals surface area (Å²) in [5.41, 5.74) is 0.180. The minimum Gasteiger partial charge on any atom is -0.444 e. The van der Waals surface area contributed by atoms with E-state index in [9.17, 15) is 18.0 Å². The molecule has 25 heavy (non-hydrogen) atoms. The fourth-order valence-corrected chi connectivity index (χ4v) is 3.06. The number of rotatable bonds is 3. The molecule has 1 saturated heterocycles. The van der Waals surface area contributed by atoms with Crippen LogP contribution in [-0.2, 0) is 12.7 Å². The molecule has 0 saturated carbocycles. The second-order valence-corrected chi connectivity index (χ2v) is 6.65. The Balaban J connectivity index is 1.53. The Morgan fingerprint density at radius 2 is 1.68 bits per heavy atom. The van der Waals surface area contributed by atoms with Gasteiger partial charge in [-0.3, -0.25) is 9.69 Å². The highest BCUT2D eigenvalue weighted by atomic mass is 79.9. The zero-order valence-electron chi connectivity index (χ0n) is 13.2. The lowest BCUT2D eigenvalue weighted by Crippen LogP contribution is -2.48. The molecular formula is C17H16BrF3N2O2. The van der Waals surface area contributed by atoms with Crippen molar-refractivity contribution in [3.63, 3.8) is 0 Å². The van der Waals surface area contributed by atoms with Crippen molar-refractivity contribution >= 4 is 21.8 Å². The van der Waals surface area contributed by atoms with Crippen LogP contribution in [-0.4, -0.2) is 41.9 Å². The third-order valence-electron chi connectivity index (χ3n) is 4.13. The first-order valence-electron chi connectivity index (χ1n) is 7.76. The summed E-state index contributed by atoms with van der Waals surface area (Å²) < 4.78 is 43.5. The van der Waals surface area contributed by atoms with E-state index in [4.69, 9.17) is 4.42 Å². The van der Waals surface area contributed by atoms with Gasteiger partial charge in [0.1, 0.15) is 0 Å². The fraction of sp³-hybridized carbons (Fsp3) is 0.353. The van der Waals surface area contributed by atoms with Gasteiger partial charge in [0.25, 0.3) is 5.91 Å². The van der Waals surface area contributed by atoms with Gasteiger partial charge in [0, 0.05) is 32.7 Å². The Bertz CT molecular complexity index is 735. The lowest BCUT2D eigenvalue weighted by atomic mass is 10.1. The molecule has 0 spiro atoms. The van der Waals surface area contributed by atoms with Crippen LogP contribution in [0.15, 0.2) is 45.5 Å². The normalized spacial score (nSPS) is 16.2. The van der Waals surface area contributed by atoms with Gasteiger partial charge in [-0.05, 0) is 45.8 Å². The van der Waals surface area contributed by atoms with Gasteiger partial charge in [0.05, 0.1) is 5.56 Å². The molecule has 8 heteroatoms. The molecule has 1 aliphatic heterocycles. The number of nitrogens with zero attached hydrogens (tertiary/aromatic N) is 2. The Kier molecular flexibility index (Phi) is 5.19. The number of hydrogen-bond donors (Lipinski definition) is 0. The minimum absolute atomic E-state index is 0.153. The van der Waals surface area contributed by atoms with Gasteiger partial charge < -0.3 is 9.32 Å². The van der Waals surface area contributed by atoms with Gasteiger partial charge in [0.15, 0.2) is 10.4 Å². The van der Waals surface area contributed by atoms with Crippen molar-refractivity contribution in [3.8, 4) is 0 Å². The maximum Gasteiger partial charge on any atom is 0.416 e. The molecule has 0 radical (unpaired) electrons. The van der Waals surface area contributed by atoms with E-state index >= 15 is 0 Å². The molecule has 1 aliphatic rings. The third kappa shape index (κ3) is 4.43. The number of piperazine rings is 1. The first-order valence-corrected chi connectivity index (χ1v) is 8.55. The summed E-state index contributed by atoms with van der Waals surface area (Å²) >= 11 is 3.17. The Morgan fingerprint density at radius 3 is 2.20 bits per heavy atom. The largest absolute Gasteiger partial charge is 0.444 e. The zero-order chi connectivity index (χ0) is 18.0. The van der Waals surface area contributed by atoms with E-state index in [1.807, 2.05) is 0 Å².